The summed E-state index contributed by atoms with van der Waals surface area (Å²) in [6, 6.07) is 21.3. The first kappa shape index (κ1) is 24.3. The summed E-state index contributed by atoms with van der Waals surface area (Å²) in [5.74, 6) is -0.414. The van der Waals surface area contributed by atoms with Crippen LogP contribution >= 0.6 is 11.6 Å². The summed E-state index contributed by atoms with van der Waals surface area (Å²) in [6.45, 7) is 1.04. The quantitative estimate of drug-likeness (QED) is 0.391. The van der Waals surface area contributed by atoms with Crippen molar-refractivity contribution >= 4 is 28.4 Å². The second-order valence-electron chi connectivity index (χ2n) is 9.27. The molecule has 184 valence electrons. The van der Waals surface area contributed by atoms with Crippen molar-refractivity contribution in [3.63, 3.8) is 0 Å². The molecular weight excluding hydrogens is 474 g/mol. The fraction of sp³-hybridized carbons (Fsp3) is 0.241. The van der Waals surface area contributed by atoms with E-state index < -0.39 is 5.91 Å². The predicted molar refractivity (Wildman–Crippen MR) is 142 cm³/mol. The van der Waals surface area contributed by atoms with E-state index in [-0.39, 0.29) is 30.3 Å². The average Bonchev–Trinajstić information content (AvgIpc) is 2.89. The molecule has 0 bridgehead atoms. The number of aryl methyl sites for hydroxylation is 1. The maximum atomic E-state index is 13.7. The normalized spacial score (nSPS) is 15.2. The first-order valence-corrected chi connectivity index (χ1v) is 12.4. The molecule has 2 heterocycles. The number of aromatic nitrogens is 1. The lowest BCUT2D eigenvalue weighted by atomic mass is 9.96. The van der Waals surface area contributed by atoms with Crippen LogP contribution in [-0.4, -0.2) is 34.1 Å². The Hall–Kier alpha value is -3.45. The third-order valence-corrected chi connectivity index (χ3v) is 6.95. The average molecular weight is 502 g/mol. The van der Waals surface area contributed by atoms with Gasteiger partial charge in [-0.3, -0.25) is 14.5 Å². The van der Waals surface area contributed by atoms with E-state index in [1.165, 1.54) is 0 Å². The predicted octanol–water partition coefficient (Wildman–Crippen LogP) is 4.50. The van der Waals surface area contributed by atoms with Gasteiger partial charge in [-0.25, -0.2) is 0 Å². The van der Waals surface area contributed by atoms with Gasteiger partial charge in [0, 0.05) is 36.3 Å². The second kappa shape index (κ2) is 10.3. The van der Waals surface area contributed by atoms with Crippen LogP contribution in [0.3, 0.4) is 0 Å². The van der Waals surface area contributed by atoms with Gasteiger partial charge in [0.15, 0.2) is 0 Å². The molecule has 0 saturated carbocycles. The van der Waals surface area contributed by atoms with Gasteiger partial charge >= 0.3 is 0 Å². The SMILES string of the molecule is CN1Cc2cc(CCCO)cc3c(=O)c(C(=O)NCc4ccc(Cl)cc4)cn(c23)C1c1ccccc1. The Morgan fingerprint density at radius 1 is 1.08 bits per heavy atom. The van der Waals surface area contributed by atoms with E-state index >= 15 is 0 Å². The van der Waals surface area contributed by atoms with Crippen molar-refractivity contribution in [3.8, 4) is 0 Å². The number of nitrogens with zero attached hydrogens (tertiary/aromatic N) is 2. The summed E-state index contributed by atoms with van der Waals surface area (Å²) in [6.07, 6.45) is 2.82. The molecule has 0 radical (unpaired) electrons. The molecule has 2 N–H and O–H groups in total. The van der Waals surface area contributed by atoms with Crippen LogP contribution in [0.25, 0.3) is 10.9 Å². The number of carbonyl (C=O) groups excluding carboxylic acids is 1. The summed E-state index contributed by atoms with van der Waals surface area (Å²) < 4.78 is 2.05. The van der Waals surface area contributed by atoms with Crippen molar-refractivity contribution in [1.82, 2.24) is 14.8 Å². The highest BCUT2D eigenvalue weighted by Gasteiger charge is 2.29. The molecular formula is C29H28ClN3O3. The van der Waals surface area contributed by atoms with Gasteiger partial charge in [-0.1, -0.05) is 60.1 Å². The molecule has 36 heavy (non-hydrogen) atoms. The zero-order valence-corrected chi connectivity index (χ0v) is 20.8. The first-order chi connectivity index (χ1) is 17.5. The zero-order valence-electron chi connectivity index (χ0n) is 20.1. The van der Waals surface area contributed by atoms with Gasteiger partial charge in [0.2, 0.25) is 5.43 Å². The van der Waals surface area contributed by atoms with E-state index in [1.54, 1.807) is 18.3 Å². The Morgan fingerprint density at radius 2 is 1.83 bits per heavy atom. The maximum Gasteiger partial charge on any atom is 0.257 e. The van der Waals surface area contributed by atoms with Crippen molar-refractivity contribution in [1.29, 1.82) is 0 Å². The van der Waals surface area contributed by atoms with Crippen LogP contribution in [0.4, 0.5) is 0 Å². The van der Waals surface area contributed by atoms with Crippen LogP contribution in [-0.2, 0) is 19.5 Å². The molecule has 0 aliphatic carbocycles. The van der Waals surface area contributed by atoms with Crippen molar-refractivity contribution in [3.05, 3.63) is 116 Å². The first-order valence-electron chi connectivity index (χ1n) is 12.1. The van der Waals surface area contributed by atoms with Gasteiger partial charge < -0.3 is 15.0 Å². The molecule has 1 aromatic heterocycles. The van der Waals surface area contributed by atoms with Crippen molar-refractivity contribution in [2.24, 2.45) is 0 Å². The summed E-state index contributed by atoms with van der Waals surface area (Å²) >= 11 is 5.97. The number of nitrogens with one attached hydrogen (secondary N) is 1. The lowest BCUT2D eigenvalue weighted by molar-refractivity contribution is 0.0948. The van der Waals surface area contributed by atoms with Crippen LogP contribution in [0.1, 0.15) is 45.2 Å². The Balaban J connectivity index is 1.63. The molecule has 0 spiro atoms. The van der Waals surface area contributed by atoms with Gasteiger partial charge in [0.1, 0.15) is 11.7 Å². The number of carbonyl (C=O) groups is 1. The van der Waals surface area contributed by atoms with Gasteiger partial charge in [-0.15, -0.1) is 0 Å². The molecule has 1 unspecified atom stereocenters. The van der Waals surface area contributed by atoms with E-state index in [2.05, 4.69) is 33.0 Å². The third kappa shape index (κ3) is 4.67. The van der Waals surface area contributed by atoms with E-state index in [0.29, 0.717) is 29.8 Å². The monoisotopic (exact) mass is 501 g/mol. The number of halogens is 1. The zero-order chi connectivity index (χ0) is 25.2. The number of rotatable bonds is 7. The van der Waals surface area contributed by atoms with Gasteiger partial charge in [0.25, 0.3) is 5.91 Å². The number of benzene rings is 3. The molecule has 1 aliphatic heterocycles. The van der Waals surface area contributed by atoms with Crippen LogP contribution in [0.5, 0.6) is 0 Å². The van der Waals surface area contributed by atoms with Crippen LogP contribution < -0.4 is 10.7 Å². The Bertz CT molecular complexity index is 1470. The highest BCUT2D eigenvalue weighted by atomic mass is 35.5. The van der Waals surface area contributed by atoms with Crippen molar-refractivity contribution in [2.75, 3.05) is 13.7 Å². The number of aliphatic hydroxyl groups excluding tert-OH is 1. The van der Waals surface area contributed by atoms with Crippen LogP contribution in [0.2, 0.25) is 5.02 Å². The Morgan fingerprint density at radius 3 is 2.56 bits per heavy atom. The van der Waals surface area contributed by atoms with Crippen LogP contribution in [0, 0.1) is 0 Å². The fourth-order valence-electron chi connectivity index (χ4n) is 5.04. The summed E-state index contributed by atoms with van der Waals surface area (Å²) in [7, 11) is 2.05. The molecule has 6 nitrogen and oxygen atoms in total. The lowest BCUT2D eigenvalue weighted by Gasteiger charge is -2.37. The van der Waals surface area contributed by atoms with Crippen molar-refractivity contribution < 1.29 is 9.90 Å². The standard InChI is InChI=1S/C29H28ClN3O3/c1-32-17-22-14-20(6-5-13-34)15-24-26(22)33(29(32)21-7-3-2-4-8-21)18-25(27(24)35)28(36)31-16-19-9-11-23(30)12-10-19/h2-4,7-12,14-15,18,29,34H,5-6,13,16-17H2,1H3,(H,31,36). The molecule has 5 rings (SSSR count). The van der Waals surface area contributed by atoms with Gasteiger partial charge in [-0.2, -0.15) is 0 Å². The minimum absolute atomic E-state index is 0.0841. The molecule has 3 aromatic carbocycles. The Kier molecular flexibility index (Phi) is 6.92. The molecule has 1 atom stereocenters. The molecule has 1 amide bonds. The number of pyridine rings is 1. The molecule has 7 heteroatoms. The lowest BCUT2D eigenvalue weighted by Crippen LogP contribution is -2.37. The number of hydrogen-bond donors (Lipinski definition) is 2. The smallest absolute Gasteiger partial charge is 0.257 e. The minimum Gasteiger partial charge on any atom is -0.396 e. The molecule has 0 saturated heterocycles. The summed E-state index contributed by atoms with van der Waals surface area (Å²) in [5.41, 5.74) is 4.68. The van der Waals surface area contributed by atoms with Gasteiger partial charge in [0.05, 0.1) is 5.52 Å². The number of amides is 1. The molecule has 1 aliphatic rings. The topological polar surface area (TPSA) is 74.6 Å². The fourth-order valence-corrected chi connectivity index (χ4v) is 5.16. The van der Waals surface area contributed by atoms with E-state index in [9.17, 15) is 14.7 Å². The highest BCUT2D eigenvalue weighted by molar-refractivity contribution is 6.30. The Labute approximate surface area is 214 Å². The van der Waals surface area contributed by atoms with E-state index in [1.807, 2.05) is 43.4 Å². The summed E-state index contributed by atoms with van der Waals surface area (Å²) in [4.78, 5) is 29.2. The van der Waals surface area contributed by atoms with Gasteiger partial charge in [-0.05, 0) is 60.3 Å². The third-order valence-electron chi connectivity index (χ3n) is 6.70. The molecule has 4 aromatic rings. The highest BCUT2D eigenvalue weighted by Crippen LogP contribution is 2.34. The number of aliphatic hydroxyl groups is 1. The van der Waals surface area contributed by atoms with Crippen LogP contribution in [0.15, 0.2) is 77.7 Å². The van der Waals surface area contributed by atoms with E-state index in [0.717, 1.165) is 27.8 Å². The number of hydrogen-bond acceptors (Lipinski definition) is 4. The molecule has 0 fully saturated rings. The van der Waals surface area contributed by atoms with Crippen molar-refractivity contribution in [2.45, 2.75) is 32.1 Å². The van der Waals surface area contributed by atoms with E-state index in [4.69, 9.17) is 11.6 Å². The second-order valence-corrected chi connectivity index (χ2v) is 9.70. The minimum atomic E-state index is -0.414. The maximum absolute atomic E-state index is 13.7. The summed E-state index contributed by atoms with van der Waals surface area (Å²) in [5, 5.41) is 13.4. The largest absolute Gasteiger partial charge is 0.396 e.